The molecule has 0 spiro atoms. The standard InChI is InChI=1S/C39H57N5O10S/c1-5-26-21-39(26,35(47)42-55(50,51)28-16-17-28)41-33(45)30-20-27-23-44(30)34(46)32(38(2,3)4)40-36(48)53-19-12-10-8-6-7-9-11-18-52-31-15-13-14-25-22-43(24-29(25)31)37(49)54-27/h13-15,26-28,30,32H,5-12,16-24H2,1-4H3,(H,40,48)(H,41,45)(H,42,47)/t26-,27+,30?,32+,39-/m0/s1. The van der Waals surface area contributed by atoms with E-state index in [-0.39, 0.29) is 38.5 Å². The third-order valence-electron chi connectivity index (χ3n) is 11.5. The van der Waals surface area contributed by atoms with Crippen molar-refractivity contribution in [3.63, 3.8) is 0 Å². The Morgan fingerprint density at radius 1 is 0.964 bits per heavy atom. The topological polar surface area (TPSA) is 190 Å². The summed E-state index contributed by atoms with van der Waals surface area (Å²) in [6.45, 7) is 8.40. The maximum atomic E-state index is 14.5. The molecule has 0 aromatic heterocycles. The van der Waals surface area contributed by atoms with E-state index in [1.807, 2.05) is 25.1 Å². The van der Waals surface area contributed by atoms with Crippen LogP contribution in [0.25, 0.3) is 0 Å². The predicted octanol–water partition coefficient (Wildman–Crippen LogP) is 4.27. The Kier molecular flexibility index (Phi) is 12.2. The molecule has 15 nitrogen and oxygen atoms in total. The molecule has 2 aliphatic carbocycles. The fourth-order valence-corrected chi connectivity index (χ4v) is 9.32. The molecule has 1 aromatic rings. The zero-order valence-electron chi connectivity index (χ0n) is 32.5. The largest absolute Gasteiger partial charge is 0.493 e. The first kappa shape index (κ1) is 40.6. The molecular formula is C39H57N5O10S. The molecule has 5 atom stereocenters. The fraction of sp³-hybridized carbons (Fsp3) is 0.718. The summed E-state index contributed by atoms with van der Waals surface area (Å²) in [6.07, 6.45) is 5.98. The molecule has 3 heterocycles. The molecule has 4 bridgehead atoms. The van der Waals surface area contributed by atoms with Gasteiger partial charge >= 0.3 is 12.2 Å². The second kappa shape index (κ2) is 16.6. The number of alkyl carbamates (subject to hydrolysis) is 1. The summed E-state index contributed by atoms with van der Waals surface area (Å²) in [4.78, 5) is 71.9. The number of carbonyl (C=O) groups excluding carboxylic acids is 5. The molecule has 16 heteroatoms. The van der Waals surface area contributed by atoms with E-state index in [9.17, 15) is 32.4 Å². The molecule has 5 amide bonds. The fourth-order valence-electron chi connectivity index (χ4n) is 7.95. The summed E-state index contributed by atoms with van der Waals surface area (Å²) in [6, 6.07) is 3.45. The van der Waals surface area contributed by atoms with Crippen molar-refractivity contribution in [3.8, 4) is 5.75 Å². The Morgan fingerprint density at radius 3 is 2.27 bits per heavy atom. The number of nitrogens with one attached hydrogen (secondary N) is 3. The number of hydrogen-bond donors (Lipinski definition) is 3. The maximum absolute atomic E-state index is 14.5. The second-order valence-electron chi connectivity index (χ2n) is 16.8. The molecule has 55 heavy (non-hydrogen) atoms. The molecule has 1 aromatic carbocycles. The second-order valence-corrected chi connectivity index (χ2v) is 18.8. The normalized spacial score (nSPS) is 28.5. The third-order valence-corrected chi connectivity index (χ3v) is 13.3. The van der Waals surface area contributed by atoms with Crippen molar-refractivity contribution >= 4 is 39.9 Å². The van der Waals surface area contributed by atoms with E-state index in [2.05, 4.69) is 15.4 Å². The van der Waals surface area contributed by atoms with E-state index in [1.54, 1.807) is 25.7 Å². The van der Waals surface area contributed by atoms with Gasteiger partial charge in [0.15, 0.2) is 0 Å². The summed E-state index contributed by atoms with van der Waals surface area (Å²) in [5, 5.41) is 4.92. The lowest BCUT2D eigenvalue weighted by atomic mass is 9.85. The molecule has 3 N–H and O–H groups in total. The Hall–Kier alpha value is -4.08. The zero-order chi connectivity index (χ0) is 39.5. The van der Waals surface area contributed by atoms with Crippen molar-refractivity contribution in [1.82, 2.24) is 25.2 Å². The van der Waals surface area contributed by atoms with Crippen LogP contribution in [0.2, 0.25) is 0 Å². The average Bonchev–Trinajstić information content (AvgIpc) is 4.02. The summed E-state index contributed by atoms with van der Waals surface area (Å²) in [5.41, 5.74) is -0.417. The van der Waals surface area contributed by atoms with Crippen molar-refractivity contribution in [3.05, 3.63) is 29.3 Å². The van der Waals surface area contributed by atoms with Crippen LogP contribution in [0.5, 0.6) is 5.75 Å². The van der Waals surface area contributed by atoms with Gasteiger partial charge in [0.1, 0.15) is 29.5 Å². The van der Waals surface area contributed by atoms with Gasteiger partial charge in [-0.3, -0.25) is 24.0 Å². The number of sulfonamides is 1. The summed E-state index contributed by atoms with van der Waals surface area (Å²) < 4.78 is 45.2. The first-order valence-corrected chi connectivity index (χ1v) is 21.5. The highest BCUT2D eigenvalue weighted by Gasteiger charge is 2.62. The first-order chi connectivity index (χ1) is 26.1. The van der Waals surface area contributed by atoms with E-state index in [0.717, 1.165) is 55.4 Å². The molecule has 0 radical (unpaired) electrons. The summed E-state index contributed by atoms with van der Waals surface area (Å²) >= 11 is 0. The Labute approximate surface area is 324 Å². The van der Waals surface area contributed by atoms with E-state index in [4.69, 9.17) is 14.2 Å². The van der Waals surface area contributed by atoms with Crippen LogP contribution >= 0.6 is 0 Å². The van der Waals surface area contributed by atoms with Gasteiger partial charge in [0.05, 0.1) is 31.6 Å². The number of rotatable bonds is 6. The minimum absolute atomic E-state index is 0.0748. The summed E-state index contributed by atoms with van der Waals surface area (Å²) in [7, 11) is -3.88. The van der Waals surface area contributed by atoms with Crippen molar-refractivity contribution in [2.24, 2.45) is 11.3 Å². The van der Waals surface area contributed by atoms with Crippen LogP contribution in [-0.2, 0) is 47.0 Å². The third kappa shape index (κ3) is 9.49. The number of ether oxygens (including phenoxy) is 3. The highest BCUT2D eigenvalue weighted by Crippen LogP contribution is 2.47. The Balaban J connectivity index is 1.24. The number of hydrogen-bond acceptors (Lipinski definition) is 10. The first-order valence-electron chi connectivity index (χ1n) is 19.9. The van der Waals surface area contributed by atoms with E-state index < -0.39 is 74.3 Å². The van der Waals surface area contributed by atoms with Crippen LogP contribution in [0.1, 0.15) is 116 Å². The zero-order valence-corrected chi connectivity index (χ0v) is 33.3. The lowest BCUT2D eigenvalue weighted by molar-refractivity contribution is -0.143. The molecule has 3 aliphatic heterocycles. The van der Waals surface area contributed by atoms with Crippen LogP contribution in [0.3, 0.4) is 0 Å². The van der Waals surface area contributed by atoms with Gasteiger partial charge in [-0.2, -0.15) is 0 Å². The quantitative estimate of drug-likeness (QED) is 0.376. The molecule has 1 saturated heterocycles. The number of carbonyl (C=O) groups is 5. The Bertz CT molecular complexity index is 1740. The molecule has 5 aliphatic rings. The molecular weight excluding hydrogens is 731 g/mol. The predicted molar refractivity (Wildman–Crippen MR) is 201 cm³/mol. The van der Waals surface area contributed by atoms with Crippen LogP contribution < -0.4 is 20.1 Å². The Morgan fingerprint density at radius 2 is 1.64 bits per heavy atom. The number of amides is 5. The van der Waals surface area contributed by atoms with Gasteiger partial charge in [0, 0.05) is 18.5 Å². The van der Waals surface area contributed by atoms with Gasteiger partial charge in [-0.05, 0) is 55.1 Å². The highest BCUT2D eigenvalue weighted by atomic mass is 32.2. The van der Waals surface area contributed by atoms with E-state index >= 15 is 0 Å². The van der Waals surface area contributed by atoms with Crippen molar-refractivity contribution < 1.29 is 46.6 Å². The van der Waals surface area contributed by atoms with Gasteiger partial charge in [-0.25, -0.2) is 18.0 Å². The molecule has 3 fully saturated rings. The number of nitrogens with zero attached hydrogens (tertiary/aromatic N) is 2. The molecule has 6 rings (SSSR count). The van der Waals surface area contributed by atoms with E-state index in [0.29, 0.717) is 38.8 Å². The number of cyclic esters (lactones) is 1. The lowest BCUT2D eigenvalue weighted by Crippen LogP contribution is -2.60. The lowest BCUT2D eigenvalue weighted by Gasteiger charge is -2.35. The summed E-state index contributed by atoms with van der Waals surface area (Å²) in [5.74, 6) is -1.63. The molecule has 2 saturated carbocycles. The number of benzene rings is 1. The minimum Gasteiger partial charge on any atom is -0.493 e. The van der Waals surface area contributed by atoms with Gasteiger partial charge in [0.2, 0.25) is 21.8 Å². The van der Waals surface area contributed by atoms with Gasteiger partial charge in [-0.15, -0.1) is 0 Å². The van der Waals surface area contributed by atoms with Crippen LogP contribution in [0.15, 0.2) is 18.2 Å². The van der Waals surface area contributed by atoms with Crippen molar-refractivity contribution in [1.29, 1.82) is 0 Å². The highest BCUT2D eigenvalue weighted by molar-refractivity contribution is 7.91. The van der Waals surface area contributed by atoms with Crippen molar-refractivity contribution in [2.45, 2.75) is 147 Å². The smallest absolute Gasteiger partial charge is 0.410 e. The van der Waals surface area contributed by atoms with Gasteiger partial charge < -0.3 is 29.7 Å². The maximum Gasteiger partial charge on any atom is 0.410 e. The average molecular weight is 788 g/mol. The molecule has 1 unspecified atom stereocenters. The van der Waals surface area contributed by atoms with Crippen LogP contribution in [0.4, 0.5) is 9.59 Å². The monoisotopic (exact) mass is 787 g/mol. The van der Waals surface area contributed by atoms with Crippen LogP contribution in [0, 0.1) is 11.3 Å². The SMILES string of the molecule is CC[C@H]1C[C@@]1(NC(=O)C1C[C@@H]2CN1C(=O)[C@H](C(C)(C)C)NC(=O)OCCCCCCCCCOc1cccc3c1CN(C3)C(=O)O2)C(=O)NS(=O)(=O)C1CC1. The molecule has 304 valence electrons. The minimum atomic E-state index is -3.88. The number of fused-ring (bicyclic) bond motifs is 3. The van der Waals surface area contributed by atoms with Crippen LogP contribution in [-0.4, -0.2) is 96.9 Å². The van der Waals surface area contributed by atoms with Gasteiger partial charge in [0.25, 0.3) is 5.91 Å². The van der Waals surface area contributed by atoms with E-state index in [1.165, 1.54) is 4.90 Å². The van der Waals surface area contributed by atoms with Gasteiger partial charge in [-0.1, -0.05) is 78.4 Å². The van der Waals surface area contributed by atoms with Crippen molar-refractivity contribution in [2.75, 3.05) is 19.8 Å².